The molecule has 19 heavy (non-hydrogen) atoms. The summed E-state index contributed by atoms with van der Waals surface area (Å²) in [5, 5.41) is 0.818. The van der Waals surface area contributed by atoms with Gasteiger partial charge in [0.05, 0.1) is 17.1 Å². The average molecular weight is 338 g/mol. The van der Waals surface area contributed by atoms with Crippen molar-refractivity contribution >= 4 is 33.5 Å². The molecular formula is C14H12BrNO2S. The molecule has 0 aliphatic heterocycles. The number of ketones is 1. The summed E-state index contributed by atoms with van der Waals surface area (Å²) in [6.07, 6.45) is 1.72. The molecule has 1 aromatic carbocycles. The lowest BCUT2D eigenvalue weighted by Crippen LogP contribution is -2.00. The van der Waals surface area contributed by atoms with Crippen molar-refractivity contribution in [2.24, 2.45) is 0 Å². The first-order chi connectivity index (χ1) is 9.13. The van der Waals surface area contributed by atoms with Gasteiger partial charge in [-0.25, -0.2) is 4.98 Å². The Bertz CT molecular complexity index is 616. The lowest BCUT2D eigenvalue weighted by Gasteiger charge is -2.11. The number of rotatable bonds is 4. The molecule has 0 bridgehead atoms. The Hall–Kier alpha value is -1.33. The van der Waals surface area contributed by atoms with E-state index >= 15 is 0 Å². The normalized spacial score (nSPS) is 10.3. The van der Waals surface area contributed by atoms with Gasteiger partial charge in [0.1, 0.15) is 10.8 Å². The van der Waals surface area contributed by atoms with Crippen molar-refractivity contribution in [2.75, 3.05) is 7.11 Å². The number of methoxy groups -OCH3 is 1. The highest BCUT2D eigenvalue weighted by molar-refractivity contribution is 9.10. The van der Waals surface area contributed by atoms with Crippen molar-refractivity contribution < 1.29 is 9.53 Å². The van der Waals surface area contributed by atoms with E-state index in [1.165, 1.54) is 18.7 Å². The second kappa shape index (κ2) is 6.21. The molecule has 0 atom stereocenters. The largest absolute Gasteiger partial charge is 0.496 e. The number of aromatic nitrogens is 1. The molecule has 0 fully saturated rings. The summed E-state index contributed by atoms with van der Waals surface area (Å²) in [6, 6.07) is 9.32. The minimum Gasteiger partial charge on any atom is -0.496 e. The monoisotopic (exact) mass is 337 g/mol. The van der Waals surface area contributed by atoms with Crippen LogP contribution in [0, 0.1) is 0 Å². The number of carbonyl (C=O) groups is 1. The molecule has 0 unspecified atom stereocenters. The van der Waals surface area contributed by atoms with Gasteiger partial charge in [0.25, 0.3) is 0 Å². The van der Waals surface area contributed by atoms with E-state index < -0.39 is 0 Å². The van der Waals surface area contributed by atoms with E-state index in [2.05, 4.69) is 20.9 Å². The lowest BCUT2D eigenvalue weighted by molar-refractivity contribution is 0.101. The van der Waals surface area contributed by atoms with E-state index in [9.17, 15) is 4.79 Å². The minimum atomic E-state index is -0.0213. The second-order valence-electron chi connectivity index (χ2n) is 3.78. The van der Waals surface area contributed by atoms with Crippen molar-refractivity contribution in [3.8, 4) is 5.75 Å². The number of nitrogens with zero attached hydrogens (tertiary/aromatic N) is 1. The molecule has 0 saturated carbocycles. The smallest absolute Gasteiger partial charge is 0.164 e. The van der Waals surface area contributed by atoms with E-state index in [1.807, 2.05) is 24.3 Å². The van der Waals surface area contributed by atoms with E-state index in [1.54, 1.807) is 19.4 Å². The van der Waals surface area contributed by atoms with Gasteiger partial charge in [-0.3, -0.25) is 4.79 Å². The molecule has 0 saturated heterocycles. The van der Waals surface area contributed by atoms with Crippen LogP contribution in [0.15, 0.2) is 50.9 Å². The highest BCUT2D eigenvalue weighted by Gasteiger charge is 2.15. The molecule has 1 heterocycles. The number of hydrogen-bond acceptors (Lipinski definition) is 4. The van der Waals surface area contributed by atoms with Crippen molar-refractivity contribution in [3.63, 3.8) is 0 Å². The Morgan fingerprint density at radius 1 is 1.32 bits per heavy atom. The van der Waals surface area contributed by atoms with Gasteiger partial charge >= 0.3 is 0 Å². The molecule has 0 aliphatic carbocycles. The Morgan fingerprint density at radius 2 is 2.11 bits per heavy atom. The zero-order valence-corrected chi connectivity index (χ0v) is 12.9. The molecule has 2 rings (SSSR count). The van der Waals surface area contributed by atoms with E-state index in [4.69, 9.17) is 4.74 Å². The molecule has 3 nitrogen and oxygen atoms in total. The van der Waals surface area contributed by atoms with Crippen molar-refractivity contribution in [1.82, 2.24) is 4.98 Å². The SMILES string of the molecule is COc1cccc(Sc2ncccc2Br)c1C(C)=O. The van der Waals surface area contributed by atoms with Crippen LogP contribution in [0.1, 0.15) is 17.3 Å². The van der Waals surface area contributed by atoms with Crippen molar-refractivity contribution in [1.29, 1.82) is 0 Å². The lowest BCUT2D eigenvalue weighted by atomic mass is 10.1. The minimum absolute atomic E-state index is 0.0213. The predicted molar refractivity (Wildman–Crippen MR) is 79.1 cm³/mol. The topological polar surface area (TPSA) is 39.2 Å². The molecule has 0 radical (unpaired) electrons. The predicted octanol–water partition coefficient (Wildman–Crippen LogP) is 4.21. The van der Waals surface area contributed by atoms with Crippen molar-refractivity contribution in [3.05, 3.63) is 46.6 Å². The molecule has 2 aromatic rings. The first-order valence-electron chi connectivity index (χ1n) is 5.59. The van der Waals surface area contributed by atoms with Crippen LogP contribution in [0.3, 0.4) is 0 Å². The highest BCUT2D eigenvalue weighted by Crippen LogP contribution is 2.36. The third-order valence-corrected chi connectivity index (χ3v) is 4.47. The second-order valence-corrected chi connectivity index (χ2v) is 5.67. The first-order valence-corrected chi connectivity index (χ1v) is 7.20. The van der Waals surface area contributed by atoms with Gasteiger partial charge in [0.2, 0.25) is 0 Å². The molecule has 98 valence electrons. The zero-order valence-electron chi connectivity index (χ0n) is 10.5. The summed E-state index contributed by atoms with van der Waals surface area (Å²) in [7, 11) is 1.56. The van der Waals surface area contributed by atoms with E-state index in [0.717, 1.165) is 14.4 Å². The fourth-order valence-electron chi connectivity index (χ4n) is 1.66. The summed E-state index contributed by atoms with van der Waals surface area (Å²) in [5.74, 6) is 0.566. The Morgan fingerprint density at radius 3 is 2.74 bits per heavy atom. The van der Waals surface area contributed by atoms with Crippen LogP contribution in [-0.2, 0) is 0 Å². The van der Waals surface area contributed by atoms with Crippen LogP contribution in [0.5, 0.6) is 5.75 Å². The van der Waals surface area contributed by atoms with Crippen LogP contribution < -0.4 is 4.74 Å². The number of benzene rings is 1. The summed E-state index contributed by atoms with van der Waals surface area (Å²) in [4.78, 5) is 16.9. The summed E-state index contributed by atoms with van der Waals surface area (Å²) < 4.78 is 6.15. The maximum absolute atomic E-state index is 11.8. The molecule has 5 heteroatoms. The Kier molecular flexibility index (Phi) is 4.61. The molecular weight excluding hydrogens is 326 g/mol. The zero-order chi connectivity index (χ0) is 13.8. The maximum Gasteiger partial charge on any atom is 0.164 e. The third kappa shape index (κ3) is 3.16. The number of ether oxygens (including phenoxy) is 1. The van der Waals surface area contributed by atoms with Crippen LogP contribution in [0.4, 0.5) is 0 Å². The van der Waals surface area contributed by atoms with Gasteiger partial charge in [-0.15, -0.1) is 0 Å². The molecule has 0 N–H and O–H groups in total. The fourth-order valence-corrected chi connectivity index (χ4v) is 3.14. The van der Waals surface area contributed by atoms with Crippen LogP contribution >= 0.6 is 27.7 Å². The third-order valence-electron chi connectivity index (χ3n) is 2.49. The molecule has 1 aromatic heterocycles. The summed E-state index contributed by atoms with van der Waals surface area (Å²) in [6.45, 7) is 1.54. The van der Waals surface area contributed by atoms with Gasteiger partial charge in [-0.1, -0.05) is 17.8 Å². The summed E-state index contributed by atoms with van der Waals surface area (Å²) in [5.41, 5.74) is 0.590. The Balaban J connectivity index is 2.46. The van der Waals surface area contributed by atoms with E-state index in [-0.39, 0.29) is 5.78 Å². The molecule has 0 aliphatic rings. The summed E-state index contributed by atoms with van der Waals surface area (Å²) >= 11 is 4.89. The van der Waals surface area contributed by atoms with Crippen molar-refractivity contribution in [2.45, 2.75) is 16.8 Å². The fraction of sp³-hybridized carbons (Fsp3) is 0.143. The number of Topliss-reactive ketones (excluding diaryl/α,β-unsaturated/α-hetero) is 1. The number of carbonyl (C=O) groups excluding carboxylic acids is 1. The standard InChI is InChI=1S/C14H12BrNO2S/c1-9(17)13-11(18-2)6-3-7-12(13)19-14-10(15)5-4-8-16-14/h3-8H,1-2H3. The molecule has 0 amide bonds. The quantitative estimate of drug-likeness (QED) is 0.783. The van der Waals surface area contributed by atoms with Crippen LogP contribution in [0.2, 0.25) is 0 Å². The van der Waals surface area contributed by atoms with Gasteiger partial charge in [0.15, 0.2) is 5.78 Å². The first kappa shape index (κ1) is 14.1. The van der Waals surface area contributed by atoms with Gasteiger partial charge in [-0.05, 0) is 47.1 Å². The average Bonchev–Trinajstić information content (AvgIpc) is 2.40. The molecule has 0 spiro atoms. The van der Waals surface area contributed by atoms with Gasteiger partial charge in [0, 0.05) is 11.1 Å². The van der Waals surface area contributed by atoms with Crippen LogP contribution in [-0.4, -0.2) is 17.9 Å². The van der Waals surface area contributed by atoms with E-state index in [0.29, 0.717) is 11.3 Å². The Labute approximate surface area is 124 Å². The van der Waals surface area contributed by atoms with Gasteiger partial charge in [-0.2, -0.15) is 0 Å². The van der Waals surface area contributed by atoms with Crippen LogP contribution in [0.25, 0.3) is 0 Å². The maximum atomic E-state index is 11.8. The van der Waals surface area contributed by atoms with Gasteiger partial charge < -0.3 is 4.74 Å². The number of halogens is 1. The highest BCUT2D eigenvalue weighted by atomic mass is 79.9. The number of hydrogen-bond donors (Lipinski definition) is 0. The number of pyridine rings is 1.